The molecule has 98 heavy (non-hydrogen) atoms. The van der Waals surface area contributed by atoms with Gasteiger partial charge in [-0.15, -0.1) is 0 Å². The Morgan fingerprint density at radius 1 is 0.255 bits per heavy atom. The Bertz CT molecular complexity index is 6410. The topological polar surface area (TPSA) is 77.2 Å². The van der Waals surface area contributed by atoms with Crippen molar-refractivity contribution >= 4 is 131 Å². The lowest BCUT2D eigenvalue weighted by atomic mass is 9.90. The van der Waals surface area contributed by atoms with Crippen LogP contribution in [0.25, 0.3) is 176 Å². The van der Waals surface area contributed by atoms with Crippen molar-refractivity contribution in [3.05, 3.63) is 314 Å². The quantitative estimate of drug-likeness (QED) is 0.159. The van der Waals surface area contributed by atoms with Gasteiger partial charge in [-0.3, -0.25) is 0 Å². The van der Waals surface area contributed by atoms with E-state index in [0.29, 0.717) is 16.7 Å². The zero-order valence-electron chi connectivity index (χ0n) is 52.0. The van der Waals surface area contributed by atoms with Gasteiger partial charge in [0.25, 0.3) is 0 Å². The monoisotopic (exact) mass is 1260 g/mol. The summed E-state index contributed by atoms with van der Waals surface area (Å²) in [6, 6.07) is 104. The Labute approximate surface area is 556 Å². The summed E-state index contributed by atoms with van der Waals surface area (Å²) in [4.78, 5) is 0. The normalized spacial score (nSPS) is 12.2. The number of para-hydroxylation sites is 8. The van der Waals surface area contributed by atoms with Gasteiger partial charge in [0.2, 0.25) is 0 Å². The van der Waals surface area contributed by atoms with Crippen molar-refractivity contribution in [3.63, 3.8) is 0 Å². The maximum absolute atomic E-state index is 16.1. The lowest BCUT2D eigenvalue weighted by molar-refractivity contribution is -0.137. The highest BCUT2D eigenvalue weighted by molar-refractivity contribution is 6.17. The lowest BCUT2D eigenvalue weighted by Crippen LogP contribution is -2.11. The third-order valence-electron chi connectivity index (χ3n) is 20.3. The highest BCUT2D eigenvalue weighted by atomic mass is 19.4. The molecule has 0 N–H and O–H groups in total. The molecule has 6 heterocycles. The molecule has 0 unspecified atom stereocenters. The van der Waals surface area contributed by atoms with Crippen LogP contribution in [0.5, 0.6) is 0 Å². The van der Waals surface area contributed by atoms with E-state index in [2.05, 4.69) is 241 Å². The van der Waals surface area contributed by atoms with Crippen molar-refractivity contribution in [2.24, 2.45) is 0 Å². The maximum atomic E-state index is 16.1. The molecule has 0 aliphatic heterocycles. The number of fused-ring (bicyclic) bond motifs is 18. The van der Waals surface area contributed by atoms with Crippen LogP contribution < -0.4 is 0 Å². The number of hydrogen-bond donors (Lipinski definition) is 0. The number of benzene rings is 14. The molecule has 0 spiro atoms. The fourth-order valence-electron chi connectivity index (χ4n) is 16.3. The minimum absolute atomic E-state index is 0.0644. The number of nitrogens with zero attached hydrogens (tertiary/aromatic N) is 8. The second-order valence-electron chi connectivity index (χ2n) is 25.3. The fourth-order valence-corrected chi connectivity index (χ4v) is 16.3. The van der Waals surface area contributed by atoms with Crippen LogP contribution in [0.3, 0.4) is 0 Å². The number of rotatable bonds is 7. The molecule has 11 heteroatoms. The Hall–Kier alpha value is -13.4. The maximum Gasteiger partial charge on any atom is 0.417 e. The van der Waals surface area contributed by atoms with Gasteiger partial charge < -0.3 is 27.4 Å². The van der Waals surface area contributed by atoms with Crippen LogP contribution in [-0.4, -0.2) is 27.4 Å². The van der Waals surface area contributed by atoms with Crippen molar-refractivity contribution in [2.75, 3.05) is 0 Å². The summed E-state index contributed by atoms with van der Waals surface area (Å²) in [6.45, 7) is 0. The van der Waals surface area contributed by atoms with E-state index < -0.39 is 11.7 Å². The van der Waals surface area contributed by atoms with E-state index in [1.165, 1.54) is 12.1 Å². The first kappa shape index (κ1) is 55.1. The predicted octanol–water partition coefficient (Wildman–Crippen LogP) is 22.7. The summed E-state index contributed by atoms with van der Waals surface area (Å²) in [5.74, 6) is 0. The van der Waals surface area contributed by atoms with Crippen LogP contribution in [0.4, 0.5) is 13.2 Å². The highest BCUT2D eigenvalue weighted by Crippen LogP contribution is 2.49. The molecule has 20 rings (SSSR count). The van der Waals surface area contributed by atoms with E-state index in [4.69, 9.17) is 0 Å². The van der Waals surface area contributed by atoms with Gasteiger partial charge in [-0.1, -0.05) is 158 Å². The Morgan fingerprint density at radius 2 is 0.541 bits per heavy atom. The standard InChI is InChI=1S/C87H49F3N8/c88-87(89,90)71-27-17-18-52(50-91)85(71)65-40-45-84(97-80-41-36-53(93-72-28-9-1-19-57(72)58-20-2-10-29-73(58)93)46-66(80)67-47-54(37-42-81(67)97)94-74-30-11-3-21-59(74)60-22-4-12-31-75(60)94)70(51-92)86(65)98-82-43-38-55(95-76-32-13-5-23-61(76)62-24-6-14-33-77(62)95)48-68(82)69-49-56(39-44-83(69)98)96-78-34-15-7-25-63(78)64-26-8-16-35-79(64)96/h1-49H. The summed E-state index contributed by atoms with van der Waals surface area (Å²) >= 11 is 0. The first-order chi connectivity index (χ1) is 48.2. The number of halogens is 3. The van der Waals surface area contributed by atoms with Crippen LogP contribution in [0.2, 0.25) is 0 Å². The number of alkyl halides is 3. The zero-order chi connectivity index (χ0) is 65.2. The van der Waals surface area contributed by atoms with E-state index in [0.717, 1.165) is 149 Å². The largest absolute Gasteiger partial charge is 0.417 e. The molecule has 0 saturated carbocycles. The molecule has 0 radical (unpaired) electrons. The minimum atomic E-state index is -4.91. The first-order valence-electron chi connectivity index (χ1n) is 32.5. The van der Waals surface area contributed by atoms with Gasteiger partial charge in [0.1, 0.15) is 11.6 Å². The number of nitriles is 2. The van der Waals surface area contributed by atoms with Gasteiger partial charge in [0, 0.05) is 98.5 Å². The molecule has 0 aliphatic rings. The summed E-state index contributed by atoms with van der Waals surface area (Å²) < 4.78 is 61.4. The van der Waals surface area contributed by atoms with Crippen LogP contribution in [-0.2, 0) is 6.18 Å². The summed E-state index contributed by atoms with van der Waals surface area (Å²) in [6.07, 6.45) is -4.91. The summed E-state index contributed by atoms with van der Waals surface area (Å²) in [5, 5.41) is 35.8. The molecule has 0 bridgehead atoms. The Kier molecular flexibility index (Phi) is 11.6. The van der Waals surface area contributed by atoms with Crippen molar-refractivity contribution in [3.8, 4) is 57.4 Å². The third-order valence-corrected chi connectivity index (χ3v) is 20.3. The van der Waals surface area contributed by atoms with Gasteiger partial charge in [0.15, 0.2) is 0 Å². The minimum Gasteiger partial charge on any atom is -0.309 e. The van der Waals surface area contributed by atoms with Crippen LogP contribution in [0.1, 0.15) is 16.7 Å². The molecule has 14 aromatic carbocycles. The van der Waals surface area contributed by atoms with Crippen LogP contribution in [0.15, 0.2) is 297 Å². The SMILES string of the molecule is N#Cc1cccc(C(F)(F)F)c1-c1ccc(-n2c3ccc(-n4c5ccccc5c5ccccc54)cc3c3cc(-n4c5ccccc5c5ccccc54)ccc32)c(C#N)c1-n1c2ccc(-n3c4ccccc4c4ccccc43)cc2c2cc(-n3c4ccccc4c4ccccc43)ccc21. The van der Waals surface area contributed by atoms with Crippen molar-refractivity contribution in [2.45, 2.75) is 6.18 Å². The highest BCUT2D eigenvalue weighted by Gasteiger charge is 2.37. The average molecular weight is 1260 g/mol. The molecule has 458 valence electrons. The summed E-state index contributed by atoms with van der Waals surface area (Å²) in [7, 11) is 0. The first-order valence-corrected chi connectivity index (χ1v) is 32.5. The number of aromatic nitrogens is 6. The Balaban J connectivity index is 0.918. The summed E-state index contributed by atoms with van der Waals surface area (Å²) in [5.41, 5.74) is 13.8. The smallest absolute Gasteiger partial charge is 0.309 e. The van der Waals surface area contributed by atoms with Gasteiger partial charge in [-0.2, -0.15) is 23.7 Å². The van der Waals surface area contributed by atoms with Crippen molar-refractivity contribution in [1.29, 1.82) is 10.5 Å². The molecular formula is C87H49F3N8. The van der Waals surface area contributed by atoms with E-state index in [1.807, 2.05) is 65.2 Å². The number of hydrogen-bond acceptors (Lipinski definition) is 2. The third kappa shape index (κ3) is 7.69. The molecule has 0 saturated heterocycles. The van der Waals surface area contributed by atoms with Crippen molar-refractivity contribution in [1.82, 2.24) is 27.4 Å². The fraction of sp³-hybridized carbons (Fsp3) is 0.0115. The van der Waals surface area contributed by atoms with Gasteiger partial charge in [-0.25, -0.2) is 0 Å². The Morgan fingerprint density at radius 3 is 0.827 bits per heavy atom. The second-order valence-corrected chi connectivity index (χ2v) is 25.3. The second kappa shape index (κ2) is 20.6. The average Bonchev–Trinajstić information content (AvgIpc) is 1.53. The van der Waals surface area contributed by atoms with E-state index >= 15 is 13.2 Å². The molecule has 0 atom stereocenters. The molecular weight excluding hydrogens is 1210 g/mol. The van der Waals surface area contributed by atoms with Crippen molar-refractivity contribution < 1.29 is 13.2 Å². The van der Waals surface area contributed by atoms with E-state index in [9.17, 15) is 10.5 Å². The van der Waals surface area contributed by atoms with E-state index in [1.54, 1.807) is 12.1 Å². The van der Waals surface area contributed by atoms with E-state index in [-0.39, 0.29) is 27.9 Å². The van der Waals surface area contributed by atoms with Gasteiger partial charge in [0.05, 0.1) is 94.8 Å². The molecule has 6 aromatic heterocycles. The predicted molar refractivity (Wildman–Crippen MR) is 392 cm³/mol. The molecule has 8 nitrogen and oxygen atoms in total. The molecule has 0 fully saturated rings. The van der Waals surface area contributed by atoms with Crippen LogP contribution in [0, 0.1) is 22.7 Å². The zero-order valence-corrected chi connectivity index (χ0v) is 52.0. The molecule has 0 aliphatic carbocycles. The van der Waals surface area contributed by atoms with Gasteiger partial charge in [-0.05, 0) is 140 Å². The lowest BCUT2D eigenvalue weighted by Gasteiger charge is -2.22. The molecule has 20 aromatic rings. The molecule has 0 amide bonds. The van der Waals surface area contributed by atoms with Crippen LogP contribution >= 0.6 is 0 Å². The van der Waals surface area contributed by atoms with Gasteiger partial charge >= 0.3 is 6.18 Å².